The minimum atomic E-state index is -1.00. The molecular formula is C22H32N2O6. The molecule has 0 spiro atoms. The zero-order chi connectivity index (χ0) is 22.1. The number of rotatable bonds is 6. The molecule has 8 nitrogen and oxygen atoms in total. The van der Waals surface area contributed by atoms with Crippen molar-refractivity contribution < 1.29 is 28.6 Å². The predicted molar refractivity (Wildman–Crippen MR) is 111 cm³/mol. The highest BCUT2D eigenvalue weighted by Gasteiger charge is 2.30. The Hall–Kier alpha value is -2.77. The molecule has 30 heavy (non-hydrogen) atoms. The molecule has 2 rings (SSSR count). The topological polar surface area (TPSA) is 94.2 Å². The molecule has 1 aromatic rings. The summed E-state index contributed by atoms with van der Waals surface area (Å²) in [5.74, 6) is -0.559. The summed E-state index contributed by atoms with van der Waals surface area (Å²) in [6, 6.07) is 9.27. The minimum absolute atomic E-state index is 0.0749. The second-order valence-corrected chi connectivity index (χ2v) is 8.22. The van der Waals surface area contributed by atoms with Crippen LogP contribution in [0, 0.1) is 0 Å². The van der Waals surface area contributed by atoms with Crippen LogP contribution in [0.3, 0.4) is 0 Å². The predicted octanol–water partition coefficient (Wildman–Crippen LogP) is 3.29. The first kappa shape index (κ1) is 23.5. The second kappa shape index (κ2) is 10.8. The number of likely N-dealkylation sites (tertiary alicyclic amines) is 1. The van der Waals surface area contributed by atoms with E-state index in [-0.39, 0.29) is 19.1 Å². The van der Waals surface area contributed by atoms with Crippen LogP contribution in [-0.2, 0) is 25.4 Å². The smallest absolute Gasteiger partial charge is 0.410 e. The Bertz CT molecular complexity index is 708. The van der Waals surface area contributed by atoms with Gasteiger partial charge in [0.05, 0.1) is 6.61 Å². The number of piperidine rings is 1. The van der Waals surface area contributed by atoms with Crippen molar-refractivity contribution >= 4 is 18.2 Å². The lowest BCUT2D eigenvalue weighted by Crippen LogP contribution is -2.48. The number of ether oxygens (including phenoxy) is 3. The maximum Gasteiger partial charge on any atom is 0.410 e. The van der Waals surface area contributed by atoms with Crippen LogP contribution in [0.15, 0.2) is 30.3 Å². The molecule has 0 aliphatic carbocycles. The zero-order valence-electron chi connectivity index (χ0n) is 18.2. The van der Waals surface area contributed by atoms with E-state index in [2.05, 4.69) is 5.32 Å². The van der Waals surface area contributed by atoms with E-state index in [0.29, 0.717) is 25.9 Å². The molecular weight excluding hydrogens is 388 g/mol. The zero-order valence-corrected chi connectivity index (χ0v) is 18.2. The van der Waals surface area contributed by atoms with Crippen LogP contribution in [-0.4, -0.2) is 60.5 Å². The number of carbonyl (C=O) groups excluding carboxylic acids is 3. The van der Waals surface area contributed by atoms with Gasteiger partial charge in [-0.15, -0.1) is 0 Å². The number of nitrogens with zero attached hydrogens (tertiary/aromatic N) is 1. The summed E-state index contributed by atoms with van der Waals surface area (Å²) < 4.78 is 15.8. The molecule has 1 unspecified atom stereocenters. The highest BCUT2D eigenvalue weighted by atomic mass is 16.6. The van der Waals surface area contributed by atoms with Gasteiger partial charge in [0.15, 0.2) is 0 Å². The minimum Gasteiger partial charge on any atom is -0.463 e. The normalized spacial score (nSPS) is 15.8. The van der Waals surface area contributed by atoms with Gasteiger partial charge in [-0.05, 0) is 46.1 Å². The summed E-state index contributed by atoms with van der Waals surface area (Å²) in [5.41, 5.74) is 0.318. The number of hydrogen-bond donors (Lipinski definition) is 1. The van der Waals surface area contributed by atoms with Gasteiger partial charge < -0.3 is 24.4 Å². The number of alkyl carbamates (subject to hydrolysis) is 1. The average Bonchev–Trinajstić information content (AvgIpc) is 2.67. The summed E-state index contributed by atoms with van der Waals surface area (Å²) in [4.78, 5) is 38.3. The lowest BCUT2D eigenvalue weighted by Gasteiger charge is -2.33. The van der Waals surface area contributed by atoms with Crippen LogP contribution in [0.4, 0.5) is 9.59 Å². The van der Waals surface area contributed by atoms with E-state index in [1.165, 1.54) is 0 Å². The third kappa shape index (κ3) is 7.93. The van der Waals surface area contributed by atoms with Crippen LogP contribution in [0.1, 0.15) is 46.1 Å². The first-order chi connectivity index (χ1) is 14.2. The van der Waals surface area contributed by atoms with Crippen molar-refractivity contribution in [1.82, 2.24) is 10.2 Å². The fourth-order valence-corrected chi connectivity index (χ4v) is 3.11. The van der Waals surface area contributed by atoms with Crippen molar-refractivity contribution in [1.29, 1.82) is 0 Å². The molecule has 0 radical (unpaired) electrons. The van der Waals surface area contributed by atoms with E-state index in [1.54, 1.807) is 32.6 Å². The molecule has 2 amide bonds. The molecule has 1 saturated heterocycles. The van der Waals surface area contributed by atoms with E-state index in [1.807, 2.05) is 30.3 Å². The van der Waals surface area contributed by atoms with Crippen molar-refractivity contribution in [3.8, 4) is 0 Å². The number of benzene rings is 1. The number of amides is 2. The lowest BCUT2D eigenvalue weighted by molar-refractivity contribution is -0.153. The van der Waals surface area contributed by atoms with Gasteiger partial charge in [-0.25, -0.2) is 14.4 Å². The van der Waals surface area contributed by atoms with E-state index < -0.39 is 29.9 Å². The molecule has 1 fully saturated rings. The molecule has 8 heteroatoms. The van der Waals surface area contributed by atoms with Gasteiger partial charge in [0.2, 0.25) is 6.10 Å². The maximum absolute atomic E-state index is 12.6. The van der Waals surface area contributed by atoms with E-state index in [0.717, 1.165) is 5.56 Å². The van der Waals surface area contributed by atoms with Gasteiger partial charge in [-0.1, -0.05) is 30.3 Å². The SMILES string of the molecule is CCOC(=O)C(Cc1ccccc1)OC(=O)N1CCC(NC(=O)OC(C)(C)C)CC1. The molecule has 1 heterocycles. The Balaban J connectivity index is 1.87. The highest BCUT2D eigenvalue weighted by molar-refractivity contribution is 5.79. The Morgan fingerprint density at radius 3 is 2.33 bits per heavy atom. The van der Waals surface area contributed by atoms with Gasteiger partial charge in [-0.3, -0.25) is 0 Å². The first-order valence-electron chi connectivity index (χ1n) is 10.3. The highest BCUT2D eigenvalue weighted by Crippen LogP contribution is 2.16. The first-order valence-corrected chi connectivity index (χ1v) is 10.3. The summed E-state index contributed by atoms with van der Waals surface area (Å²) in [6.45, 7) is 8.17. The Morgan fingerprint density at radius 1 is 1.13 bits per heavy atom. The molecule has 0 aromatic heterocycles. The van der Waals surface area contributed by atoms with Crippen LogP contribution in [0.5, 0.6) is 0 Å². The number of hydrogen-bond acceptors (Lipinski definition) is 6. The van der Waals surface area contributed by atoms with Crippen LogP contribution < -0.4 is 5.32 Å². The van der Waals surface area contributed by atoms with E-state index in [4.69, 9.17) is 14.2 Å². The number of carbonyl (C=O) groups is 3. The monoisotopic (exact) mass is 420 g/mol. The van der Waals surface area contributed by atoms with Crippen molar-refractivity contribution in [2.45, 2.75) is 64.7 Å². The van der Waals surface area contributed by atoms with Crippen molar-refractivity contribution in [3.05, 3.63) is 35.9 Å². The molecule has 0 saturated carbocycles. The standard InChI is InChI=1S/C22H32N2O6/c1-5-28-19(25)18(15-16-9-7-6-8-10-16)29-21(27)24-13-11-17(12-14-24)23-20(26)30-22(2,3)4/h6-10,17-18H,5,11-15H2,1-4H3,(H,23,26). The van der Waals surface area contributed by atoms with E-state index in [9.17, 15) is 14.4 Å². The molecule has 1 atom stereocenters. The average molecular weight is 421 g/mol. The molecule has 1 aliphatic rings. The Labute approximate surface area is 177 Å². The quantitative estimate of drug-likeness (QED) is 0.561. The summed E-state index contributed by atoms with van der Waals surface area (Å²) >= 11 is 0. The molecule has 1 N–H and O–H groups in total. The molecule has 166 valence electrons. The molecule has 1 aliphatic heterocycles. The Kier molecular flexibility index (Phi) is 8.50. The fourth-order valence-electron chi connectivity index (χ4n) is 3.11. The van der Waals surface area contributed by atoms with Gasteiger partial charge >= 0.3 is 18.2 Å². The van der Waals surface area contributed by atoms with Gasteiger partial charge in [0.25, 0.3) is 0 Å². The van der Waals surface area contributed by atoms with Crippen molar-refractivity contribution in [2.75, 3.05) is 19.7 Å². The van der Waals surface area contributed by atoms with Crippen molar-refractivity contribution in [3.63, 3.8) is 0 Å². The Morgan fingerprint density at radius 2 is 1.77 bits per heavy atom. The third-order valence-corrected chi connectivity index (χ3v) is 4.53. The fraction of sp³-hybridized carbons (Fsp3) is 0.591. The third-order valence-electron chi connectivity index (χ3n) is 4.53. The van der Waals surface area contributed by atoms with Crippen LogP contribution >= 0.6 is 0 Å². The van der Waals surface area contributed by atoms with Crippen LogP contribution in [0.2, 0.25) is 0 Å². The van der Waals surface area contributed by atoms with E-state index >= 15 is 0 Å². The summed E-state index contributed by atoms with van der Waals surface area (Å²) in [7, 11) is 0. The largest absolute Gasteiger partial charge is 0.463 e. The molecule has 1 aromatic carbocycles. The van der Waals surface area contributed by atoms with Gasteiger partial charge in [-0.2, -0.15) is 0 Å². The second-order valence-electron chi connectivity index (χ2n) is 8.22. The van der Waals surface area contributed by atoms with Crippen molar-refractivity contribution in [2.24, 2.45) is 0 Å². The lowest BCUT2D eigenvalue weighted by atomic mass is 10.1. The summed E-state index contributed by atoms with van der Waals surface area (Å²) in [6.07, 6.45) is -0.609. The summed E-state index contributed by atoms with van der Waals surface area (Å²) in [5, 5.41) is 2.83. The number of nitrogens with one attached hydrogen (secondary N) is 1. The maximum atomic E-state index is 12.6. The van der Waals surface area contributed by atoms with Gasteiger partial charge in [0.1, 0.15) is 5.60 Å². The number of esters is 1. The van der Waals surface area contributed by atoms with Gasteiger partial charge in [0, 0.05) is 25.6 Å². The van der Waals surface area contributed by atoms with Crippen LogP contribution in [0.25, 0.3) is 0 Å². The molecule has 0 bridgehead atoms.